The van der Waals surface area contributed by atoms with E-state index in [2.05, 4.69) is 25.2 Å². The smallest absolute Gasteiger partial charge is 0.223 e. The van der Waals surface area contributed by atoms with Gasteiger partial charge in [0.25, 0.3) is 0 Å². The molecular weight excluding hydrogens is 220 g/mol. The van der Waals surface area contributed by atoms with Crippen LogP contribution in [0, 0.1) is 13.8 Å². The summed E-state index contributed by atoms with van der Waals surface area (Å²) < 4.78 is 0. The zero-order valence-electron chi connectivity index (χ0n) is 10.5. The lowest BCUT2D eigenvalue weighted by atomic mass is 10.3. The average Bonchev–Trinajstić information content (AvgIpc) is 2.53. The molecule has 3 nitrogen and oxygen atoms in total. The van der Waals surface area contributed by atoms with Crippen molar-refractivity contribution in [1.82, 2.24) is 10.2 Å². The van der Waals surface area contributed by atoms with Gasteiger partial charge in [-0.15, -0.1) is 11.3 Å². The number of amides is 1. The zero-order valence-corrected chi connectivity index (χ0v) is 11.3. The Morgan fingerprint density at radius 1 is 1.44 bits per heavy atom. The molecule has 0 fully saturated rings. The van der Waals surface area contributed by atoms with Crippen LogP contribution < -0.4 is 5.32 Å². The molecule has 0 radical (unpaired) electrons. The van der Waals surface area contributed by atoms with E-state index in [4.69, 9.17) is 0 Å². The van der Waals surface area contributed by atoms with Gasteiger partial charge in [-0.25, -0.2) is 0 Å². The van der Waals surface area contributed by atoms with E-state index in [0.717, 1.165) is 13.1 Å². The summed E-state index contributed by atoms with van der Waals surface area (Å²) in [6.45, 7) is 5.87. The van der Waals surface area contributed by atoms with E-state index < -0.39 is 0 Å². The maximum Gasteiger partial charge on any atom is 0.223 e. The maximum absolute atomic E-state index is 11.3. The quantitative estimate of drug-likeness (QED) is 0.798. The maximum atomic E-state index is 11.3. The van der Waals surface area contributed by atoms with E-state index >= 15 is 0 Å². The fraction of sp³-hybridized carbons (Fsp3) is 0.583. The average molecular weight is 240 g/mol. The van der Waals surface area contributed by atoms with Gasteiger partial charge in [0.15, 0.2) is 0 Å². The fourth-order valence-electron chi connectivity index (χ4n) is 1.37. The van der Waals surface area contributed by atoms with E-state index in [1.54, 1.807) is 19.0 Å². The molecule has 0 spiro atoms. The van der Waals surface area contributed by atoms with Crippen molar-refractivity contribution < 1.29 is 4.79 Å². The molecule has 0 aliphatic heterocycles. The number of aryl methyl sites for hydroxylation is 2. The van der Waals surface area contributed by atoms with Gasteiger partial charge in [-0.3, -0.25) is 4.79 Å². The van der Waals surface area contributed by atoms with Crippen molar-refractivity contribution in [3.8, 4) is 0 Å². The molecule has 1 amide bonds. The van der Waals surface area contributed by atoms with E-state index in [1.165, 1.54) is 15.3 Å². The highest BCUT2D eigenvalue weighted by atomic mass is 32.1. The van der Waals surface area contributed by atoms with Gasteiger partial charge in [-0.2, -0.15) is 0 Å². The summed E-state index contributed by atoms with van der Waals surface area (Å²) >= 11 is 1.82. The molecule has 1 heterocycles. The Balaban J connectivity index is 2.23. The van der Waals surface area contributed by atoms with Crippen molar-refractivity contribution in [1.29, 1.82) is 0 Å². The molecule has 90 valence electrons. The van der Waals surface area contributed by atoms with Crippen molar-refractivity contribution in [2.45, 2.75) is 26.8 Å². The number of nitrogens with one attached hydrogen (secondary N) is 1. The third-order valence-electron chi connectivity index (χ3n) is 2.53. The molecule has 1 N–H and O–H groups in total. The van der Waals surface area contributed by atoms with Gasteiger partial charge < -0.3 is 10.2 Å². The molecule has 1 aromatic rings. The van der Waals surface area contributed by atoms with E-state index in [-0.39, 0.29) is 5.91 Å². The van der Waals surface area contributed by atoms with E-state index in [9.17, 15) is 4.79 Å². The molecule has 0 unspecified atom stereocenters. The van der Waals surface area contributed by atoms with Gasteiger partial charge in [0.2, 0.25) is 5.91 Å². The van der Waals surface area contributed by atoms with Crippen molar-refractivity contribution in [3.05, 3.63) is 21.4 Å². The number of carbonyl (C=O) groups is 1. The van der Waals surface area contributed by atoms with E-state index in [0.29, 0.717) is 6.42 Å². The molecule has 1 aromatic heterocycles. The first kappa shape index (κ1) is 13.2. The van der Waals surface area contributed by atoms with Gasteiger partial charge in [0, 0.05) is 43.4 Å². The second kappa shape index (κ2) is 6.01. The summed E-state index contributed by atoms with van der Waals surface area (Å²) in [6, 6.07) is 2.21. The lowest BCUT2D eigenvalue weighted by Crippen LogP contribution is -2.26. The molecular formula is C12H20N2OS. The van der Waals surface area contributed by atoms with Gasteiger partial charge in [-0.1, -0.05) is 0 Å². The van der Waals surface area contributed by atoms with E-state index in [1.807, 2.05) is 11.3 Å². The lowest BCUT2D eigenvalue weighted by molar-refractivity contribution is -0.128. The predicted molar refractivity (Wildman–Crippen MR) is 68.8 cm³/mol. The minimum Gasteiger partial charge on any atom is -0.349 e. The molecule has 0 aromatic carbocycles. The highest BCUT2D eigenvalue weighted by Gasteiger charge is 2.04. The van der Waals surface area contributed by atoms with Crippen LogP contribution in [0.5, 0.6) is 0 Å². The van der Waals surface area contributed by atoms with Gasteiger partial charge >= 0.3 is 0 Å². The third kappa shape index (κ3) is 3.94. The molecule has 0 aliphatic rings. The summed E-state index contributed by atoms with van der Waals surface area (Å²) in [5.74, 6) is 0.172. The number of carbonyl (C=O) groups excluding carboxylic acids is 1. The molecule has 0 bridgehead atoms. The van der Waals surface area contributed by atoms with Crippen LogP contribution in [-0.2, 0) is 11.3 Å². The second-order valence-corrected chi connectivity index (χ2v) is 5.51. The number of rotatable bonds is 5. The standard InChI is InChI=1S/C12H20N2OS/c1-9-7-11(16-10(9)2)8-13-6-5-12(15)14(3)4/h7,13H,5-6,8H2,1-4H3. The van der Waals surface area contributed by atoms with Crippen LogP contribution in [0.2, 0.25) is 0 Å². The minimum atomic E-state index is 0.172. The van der Waals surface area contributed by atoms with Gasteiger partial charge in [0.05, 0.1) is 0 Å². The first-order valence-corrected chi connectivity index (χ1v) is 6.29. The Morgan fingerprint density at radius 3 is 2.62 bits per heavy atom. The lowest BCUT2D eigenvalue weighted by Gasteiger charge is -2.09. The normalized spacial score (nSPS) is 10.5. The molecule has 16 heavy (non-hydrogen) atoms. The van der Waals surface area contributed by atoms with Crippen LogP contribution in [0.1, 0.15) is 21.7 Å². The highest BCUT2D eigenvalue weighted by Crippen LogP contribution is 2.20. The monoisotopic (exact) mass is 240 g/mol. The molecule has 0 saturated carbocycles. The number of nitrogens with zero attached hydrogens (tertiary/aromatic N) is 1. The minimum absolute atomic E-state index is 0.172. The SMILES string of the molecule is Cc1cc(CNCCC(=O)N(C)C)sc1C. The van der Waals surface area contributed by atoms with Crippen LogP contribution in [0.15, 0.2) is 6.07 Å². The van der Waals surface area contributed by atoms with Crippen LogP contribution in [-0.4, -0.2) is 31.4 Å². The highest BCUT2D eigenvalue weighted by molar-refractivity contribution is 7.12. The number of hydrogen-bond acceptors (Lipinski definition) is 3. The molecule has 4 heteroatoms. The molecule has 0 aliphatic carbocycles. The summed E-state index contributed by atoms with van der Waals surface area (Å²) in [4.78, 5) is 15.6. The first-order chi connectivity index (χ1) is 7.50. The Morgan fingerprint density at radius 2 is 2.12 bits per heavy atom. The van der Waals surface area contributed by atoms with Crippen molar-refractivity contribution in [2.75, 3.05) is 20.6 Å². The zero-order chi connectivity index (χ0) is 12.1. The summed E-state index contributed by atoms with van der Waals surface area (Å²) in [5, 5.41) is 3.29. The van der Waals surface area contributed by atoms with Crippen LogP contribution in [0.4, 0.5) is 0 Å². The number of hydrogen-bond donors (Lipinski definition) is 1. The van der Waals surface area contributed by atoms with Crippen LogP contribution >= 0.6 is 11.3 Å². The molecule has 0 saturated heterocycles. The summed E-state index contributed by atoms with van der Waals surface area (Å²) in [6.07, 6.45) is 0.566. The van der Waals surface area contributed by atoms with Crippen molar-refractivity contribution in [3.63, 3.8) is 0 Å². The van der Waals surface area contributed by atoms with Gasteiger partial charge in [-0.05, 0) is 25.5 Å². The second-order valence-electron chi connectivity index (χ2n) is 4.17. The van der Waals surface area contributed by atoms with Gasteiger partial charge in [0.1, 0.15) is 0 Å². The predicted octanol–water partition coefficient (Wildman–Crippen LogP) is 1.93. The Labute approximate surface area is 101 Å². The number of thiophene rings is 1. The third-order valence-corrected chi connectivity index (χ3v) is 3.68. The van der Waals surface area contributed by atoms with Crippen LogP contribution in [0.25, 0.3) is 0 Å². The first-order valence-electron chi connectivity index (χ1n) is 5.47. The summed E-state index contributed by atoms with van der Waals surface area (Å²) in [7, 11) is 3.57. The fourth-order valence-corrected chi connectivity index (χ4v) is 2.39. The van der Waals surface area contributed by atoms with Crippen molar-refractivity contribution in [2.24, 2.45) is 0 Å². The topological polar surface area (TPSA) is 32.3 Å². The summed E-state index contributed by atoms with van der Waals surface area (Å²) in [5.41, 5.74) is 1.35. The Kier molecular flexibility index (Phi) is 4.96. The molecule has 1 rings (SSSR count). The Bertz CT molecular complexity index is 338. The Hall–Kier alpha value is -0.870. The van der Waals surface area contributed by atoms with Crippen LogP contribution in [0.3, 0.4) is 0 Å². The van der Waals surface area contributed by atoms with Crippen molar-refractivity contribution >= 4 is 17.2 Å². The largest absolute Gasteiger partial charge is 0.349 e. The molecule has 0 atom stereocenters.